The van der Waals surface area contributed by atoms with E-state index in [0.717, 1.165) is 54.4 Å². The number of nitrogens with one attached hydrogen (secondary N) is 2. The predicted octanol–water partition coefficient (Wildman–Crippen LogP) is 7.05. The molecule has 4 saturated heterocycles. The molecule has 11 unspecified atom stereocenters. The lowest BCUT2D eigenvalue weighted by atomic mass is 9.52. The summed E-state index contributed by atoms with van der Waals surface area (Å²) in [5.74, 6) is -2.20. The molecule has 0 spiro atoms. The van der Waals surface area contributed by atoms with Crippen LogP contribution in [0.5, 0.6) is 0 Å². The molecule has 3 aromatic rings. The standard InChI is InChI=1S/C56H69N3O11/c1-52(2,3)67-45(62)23-21-39(33-60)58-44(61)25-27-57-51(64)55-31-42-46-47(69-56(68-46,37-16-9-7-10-17-37)38-18-11-8-12-19-38)49(55)70-59(48(55)50(63)65-42)32-35-15-13-14-34(28-35)29-36-20-22-43-54(6,66-43)26-24-41-40(36)30-53(41,4)5/h7-19,28-29,39-43,46-49,60H,20-27,30-33H2,1-6H3,(H,57,64)(H,58,61). The summed E-state index contributed by atoms with van der Waals surface area (Å²) in [5.41, 5.74) is 3.04. The summed E-state index contributed by atoms with van der Waals surface area (Å²) in [5, 5.41) is 17.4. The van der Waals surface area contributed by atoms with Crippen molar-refractivity contribution in [1.82, 2.24) is 15.7 Å². The van der Waals surface area contributed by atoms with Gasteiger partial charge in [0, 0.05) is 36.9 Å². The second-order valence-corrected chi connectivity index (χ2v) is 22.7. The minimum Gasteiger partial charge on any atom is -0.460 e. The zero-order valence-corrected chi connectivity index (χ0v) is 41.3. The smallest absolute Gasteiger partial charge is 0.327 e. The van der Waals surface area contributed by atoms with E-state index in [9.17, 15) is 19.5 Å². The molecule has 2 bridgehead atoms. The van der Waals surface area contributed by atoms with Gasteiger partial charge < -0.3 is 39.4 Å². The molecule has 70 heavy (non-hydrogen) atoms. The number of carbonyl (C=O) groups excluding carboxylic acids is 4. The second-order valence-electron chi connectivity index (χ2n) is 22.7. The van der Waals surface area contributed by atoms with Gasteiger partial charge in [-0.05, 0) is 94.6 Å². The molecular formula is C56H69N3O11. The molecule has 2 amide bonds. The summed E-state index contributed by atoms with van der Waals surface area (Å²) in [6, 6.07) is 25.7. The number of rotatable bonds is 14. The Balaban J connectivity index is 0.920. The Labute approximate surface area is 411 Å². The molecule has 3 aromatic carbocycles. The highest BCUT2D eigenvalue weighted by Gasteiger charge is 2.76. The van der Waals surface area contributed by atoms with Gasteiger partial charge in [0.05, 0.1) is 30.9 Å². The quantitative estimate of drug-likeness (QED) is 0.111. The number of carbonyl (C=O) groups is 4. The lowest BCUT2D eigenvalue weighted by Gasteiger charge is -2.53. The summed E-state index contributed by atoms with van der Waals surface area (Å²) in [6.45, 7) is 12.1. The Kier molecular flexibility index (Phi) is 12.9. The number of fused-ring (bicyclic) bond motifs is 6. The summed E-state index contributed by atoms with van der Waals surface area (Å²) >= 11 is 0. The first-order valence-electron chi connectivity index (χ1n) is 25.4. The van der Waals surface area contributed by atoms with E-state index in [0.29, 0.717) is 17.9 Å². The molecule has 10 rings (SSSR count). The number of hydrogen-bond acceptors (Lipinski definition) is 12. The van der Waals surface area contributed by atoms with Crippen molar-refractivity contribution < 1.29 is 52.8 Å². The van der Waals surface area contributed by atoms with Crippen molar-refractivity contribution >= 4 is 29.8 Å². The van der Waals surface area contributed by atoms with Crippen LogP contribution in [0.4, 0.5) is 0 Å². The van der Waals surface area contributed by atoms with E-state index in [1.807, 2.05) is 72.8 Å². The fourth-order valence-electron chi connectivity index (χ4n) is 12.7. The number of hydrogen-bond donors (Lipinski definition) is 3. The summed E-state index contributed by atoms with van der Waals surface area (Å²) in [4.78, 5) is 62.3. The van der Waals surface area contributed by atoms with Crippen LogP contribution >= 0.6 is 0 Å². The molecule has 4 aliphatic heterocycles. The van der Waals surface area contributed by atoms with E-state index in [1.54, 1.807) is 25.8 Å². The van der Waals surface area contributed by atoms with Gasteiger partial charge in [-0.1, -0.05) is 110 Å². The fraction of sp³-hybridized carbons (Fsp3) is 0.571. The third-order valence-corrected chi connectivity index (χ3v) is 16.3. The minimum atomic E-state index is -1.49. The maximum atomic E-state index is 15.1. The van der Waals surface area contributed by atoms with Crippen molar-refractivity contribution in [2.24, 2.45) is 22.7 Å². The zero-order valence-electron chi connectivity index (χ0n) is 41.3. The average molecular weight is 960 g/mol. The number of esters is 2. The van der Waals surface area contributed by atoms with E-state index < -0.39 is 77.1 Å². The molecule has 4 heterocycles. The summed E-state index contributed by atoms with van der Waals surface area (Å²) < 4.78 is 32.1. The van der Waals surface area contributed by atoms with Crippen LogP contribution in [0, 0.1) is 22.7 Å². The normalized spacial score (nSPS) is 33.4. The van der Waals surface area contributed by atoms with Crippen molar-refractivity contribution in [2.45, 2.75) is 165 Å². The molecule has 14 nitrogen and oxygen atoms in total. The Morgan fingerprint density at radius 1 is 0.900 bits per heavy atom. The third kappa shape index (κ3) is 9.13. The second kappa shape index (κ2) is 18.6. The van der Waals surface area contributed by atoms with Gasteiger partial charge in [-0.15, -0.1) is 0 Å². The van der Waals surface area contributed by atoms with Crippen LogP contribution < -0.4 is 10.6 Å². The van der Waals surface area contributed by atoms with Crippen LogP contribution in [0.25, 0.3) is 6.08 Å². The summed E-state index contributed by atoms with van der Waals surface area (Å²) in [6.07, 6.45) is 4.76. The topological polar surface area (TPSA) is 174 Å². The lowest BCUT2D eigenvalue weighted by Crippen LogP contribution is -2.69. The Bertz CT molecular complexity index is 2450. The van der Waals surface area contributed by atoms with Crippen LogP contribution in [-0.4, -0.2) is 101 Å². The fourth-order valence-corrected chi connectivity index (χ4v) is 12.7. The van der Waals surface area contributed by atoms with Gasteiger partial charge >= 0.3 is 11.9 Å². The van der Waals surface area contributed by atoms with Crippen molar-refractivity contribution in [3.63, 3.8) is 0 Å². The number of aliphatic hydroxyl groups is 1. The average Bonchev–Trinajstić information content (AvgIpc) is 3.59. The van der Waals surface area contributed by atoms with Gasteiger partial charge in [-0.3, -0.25) is 24.0 Å². The van der Waals surface area contributed by atoms with E-state index in [1.165, 1.54) is 5.57 Å². The van der Waals surface area contributed by atoms with Crippen LogP contribution in [-0.2, 0) is 60.0 Å². The van der Waals surface area contributed by atoms with Crippen LogP contribution in [0.2, 0.25) is 0 Å². The molecule has 0 radical (unpaired) electrons. The van der Waals surface area contributed by atoms with Crippen molar-refractivity contribution in [3.05, 3.63) is 113 Å². The SMILES string of the molecule is CC(C)(C)OC(=O)CCC(CO)NC(=O)CCNC(=O)C12CC3OC(=O)C1N(Cc1cccc(C=C4CCC5OC5(C)CCC5C4CC5(C)C)c1)OC2C1OC(c2ccccc2)(c2ccccc2)OC31. The number of aliphatic hydroxyl groups excluding tert-OH is 1. The molecule has 374 valence electrons. The highest BCUT2D eigenvalue weighted by Crippen LogP contribution is 2.61. The van der Waals surface area contributed by atoms with Gasteiger partial charge in [0.25, 0.3) is 0 Å². The maximum absolute atomic E-state index is 15.1. The van der Waals surface area contributed by atoms with Crippen LogP contribution in [0.15, 0.2) is 90.5 Å². The van der Waals surface area contributed by atoms with Gasteiger partial charge in [0.1, 0.15) is 35.4 Å². The first-order valence-corrected chi connectivity index (χ1v) is 25.4. The van der Waals surface area contributed by atoms with Crippen molar-refractivity contribution in [3.8, 4) is 0 Å². The molecule has 3 N–H and O–H groups in total. The lowest BCUT2D eigenvalue weighted by molar-refractivity contribution is -0.213. The number of benzene rings is 3. The Hall–Kier alpha value is -4.96. The van der Waals surface area contributed by atoms with E-state index in [4.69, 9.17) is 28.5 Å². The first-order chi connectivity index (χ1) is 33.4. The van der Waals surface area contributed by atoms with Gasteiger partial charge in [0.2, 0.25) is 17.6 Å². The monoisotopic (exact) mass is 959 g/mol. The molecule has 0 aromatic heterocycles. The number of hydroxylamine groups is 2. The molecule has 7 aliphatic rings. The van der Waals surface area contributed by atoms with E-state index >= 15 is 4.79 Å². The molecule has 3 saturated carbocycles. The largest absolute Gasteiger partial charge is 0.460 e. The van der Waals surface area contributed by atoms with Crippen LogP contribution in [0.3, 0.4) is 0 Å². The van der Waals surface area contributed by atoms with Gasteiger partial charge in [-0.2, -0.15) is 5.06 Å². The summed E-state index contributed by atoms with van der Waals surface area (Å²) in [7, 11) is 0. The minimum absolute atomic E-state index is 0.00255. The van der Waals surface area contributed by atoms with Gasteiger partial charge in [0.15, 0.2) is 6.04 Å². The molecule has 11 atom stereocenters. The molecular weight excluding hydrogens is 891 g/mol. The number of ether oxygens (including phenoxy) is 5. The Morgan fingerprint density at radius 2 is 1.61 bits per heavy atom. The highest BCUT2D eigenvalue weighted by molar-refractivity contribution is 5.94. The number of allylic oxidation sites excluding steroid dienone is 1. The first kappa shape index (κ1) is 48.7. The van der Waals surface area contributed by atoms with E-state index in [-0.39, 0.29) is 56.4 Å². The maximum Gasteiger partial charge on any atom is 0.327 e. The third-order valence-electron chi connectivity index (χ3n) is 16.3. The molecule has 7 fully saturated rings. The van der Waals surface area contributed by atoms with Crippen LogP contribution in [0.1, 0.15) is 122 Å². The van der Waals surface area contributed by atoms with Gasteiger partial charge in [-0.25, -0.2) is 0 Å². The molecule has 3 aliphatic carbocycles. The number of nitrogens with zero attached hydrogens (tertiary/aromatic N) is 1. The van der Waals surface area contributed by atoms with Crippen molar-refractivity contribution in [1.29, 1.82) is 0 Å². The molecule has 14 heteroatoms. The number of epoxide rings is 1. The van der Waals surface area contributed by atoms with E-state index in [2.05, 4.69) is 49.6 Å². The van der Waals surface area contributed by atoms with Crippen molar-refractivity contribution in [2.75, 3.05) is 13.2 Å². The highest BCUT2D eigenvalue weighted by atomic mass is 16.8. The number of amides is 2. The predicted molar refractivity (Wildman–Crippen MR) is 258 cm³/mol. The zero-order chi connectivity index (χ0) is 49.2. The Morgan fingerprint density at radius 3 is 2.30 bits per heavy atom.